The molecule has 1 fully saturated rings. The molecule has 0 aliphatic carbocycles. The highest BCUT2D eigenvalue weighted by Gasteiger charge is 2.25. The molecule has 1 amide bonds. The monoisotopic (exact) mass is 339 g/mol. The number of amides is 1. The Bertz CT molecular complexity index is 447. The highest BCUT2D eigenvalue weighted by Crippen LogP contribution is 2.20. The third kappa shape index (κ3) is 3.61. The number of nitrogens with zero attached hydrogens (tertiary/aromatic N) is 1. The molecule has 110 valence electrons. The van der Waals surface area contributed by atoms with Crippen LogP contribution in [0.5, 0.6) is 0 Å². The first-order valence-corrected chi connectivity index (χ1v) is 8.28. The summed E-state index contributed by atoms with van der Waals surface area (Å²) in [6, 6.07) is 6.01. The van der Waals surface area contributed by atoms with E-state index in [2.05, 4.69) is 15.9 Å². The van der Waals surface area contributed by atoms with Gasteiger partial charge in [0.2, 0.25) is 0 Å². The molecule has 4 heteroatoms. The Labute approximate surface area is 129 Å². The molecule has 2 rings (SSSR count). The molecule has 0 unspecified atom stereocenters. The van der Waals surface area contributed by atoms with Crippen LogP contribution in [0.1, 0.15) is 34.3 Å². The van der Waals surface area contributed by atoms with Gasteiger partial charge < -0.3 is 9.64 Å². The minimum atomic E-state index is 0.166. The molecule has 0 radical (unpaired) electrons. The van der Waals surface area contributed by atoms with Gasteiger partial charge in [-0.15, -0.1) is 0 Å². The number of likely N-dealkylation sites (tertiary alicyclic amines) is 1. The minimum Gasteiger partial charge on any atom is -0.377 e. The summed E-state index contributed by atoms with van der Waals surface area (Å²) in [5, 5.41) is 0.870. The number of piperidine rings is 1. The van der Waals surface area contributed by atoms with Gasteiger partial charge in [-0.3, -0.25) is 4.79 Å². The van der Waals surface area contributed by atoms with Crippen molar-refractivity contribution in [2.45, 2.75) is 32.8 Å². The predicted molar refractivity (Wildman–Crippen MR) is 84.6 cm³/mol. The van der Waals surface area contributed by atoms with Gasteiger partial charge in [-0.2, -0.15) is 0 Å². The van der Waals surface area contributed by atoms with E-state index in [-0.39, 0.29) is 5.91 Å². The lowest BCUT2D eigenvalue weighted by molar-refractivity contribution is 0.0159. The van der Waals surface area contributed by atoms with E-state index in [0.29, 0.717) is 6.10 Å². The molecular weight excluding hydrogens is 318 g/mol. The van der Waals surface area contributed by atoms with Crippen molar-refractivity contribution < 1.29 is 9.53 Å². The summed E-state index contributed by atoms with van der Waals surface area (Å²) in [6.45, 7) is 6.34. The van der Waals surface area contributed by atoms with Gasteiger partial charge in [0, 0.05) is 24.0 Å². The quantitative estimate of drug-likeness (QED) is 0.787. The number of rotatable bonds is 4. The van der Waals surface area contributed by atoms with Gasteiger partial charge in [-0.25, -0.2) is 0 Å². The lowest BCUT2D eigenvalue weighted by Gasteiger charge is -2.32. The van der Waals surface area contributed by atoms with Crippen LogP contribution in [0.15, 0.2) is 18.2 Å². The average Bonchev–Trinajstić information content (AvgIpc) is 2.45. The van der Waals surface area contributed by atoms with E-state index in [9.17, 15) is 4.79 Å². The predicted octanol–water partition coefficient (Wildman–Crippen LogP) is 3.32. The molecule has 0 N–H and O–H groups in total. The summed E-state index contributed by atoms with van der Waals surface area (Å²) < 4.78 is 5.73. The third-order valence-electron chi connectivity index (χ3n) is 3.85. The average molecular weight is 340 g/mol. The van der Waals surface area contributed by atoms with Gasteiger partial charge in [-0.05, 0) is 37.8 Å². The summed E-state index contributed by atoms with van der Waals surface area (Å²) in [5.74, 6) is 0.166. The topological polar surface area (TPSA) is 29.5 Å². The summed E-state index contributed by atoms with van der Waals surface area (Å²) in [4.78, 5) is 14.6. The zero-order valence-electron chi connectivity index (χ0n) is 12.2. The van der Waals surface area contributed by atoms with Crippen molar-refractivity contribution in [3.8, 4) is 0 Å². The number of alkyl halides is 1. The molecule has 3 nitrogen and oxygen atoms in total. The largest absolute Gasteiger partial charge is 0.377 e. The Hall–Kier alpha value is -0.870. The van der Waals surface area contributed by atoms with E-state index >= 15 is 0 Å². The van der Waals surface area contributed by atoms with Gasteiger partial charge >= 0.3 is 0 Å². The molecule has 1 aromatic rings. The van der Waals surface area contributed by atoms with Crippen molar-refractivity contribution in [3.05, 3.63) is 34.9 Å². The SMILES string of the molecule is Cc1cccc(C)c1C(=O)N1CCC(OCCBr)CC1. The van der Waals surface area contributed by atoms with Crippen LogP contribution >= 0.6 is 15.9 Å². The number of hydrogen-bond donors (Lipinski definition) is 0. The van der Waals surface area contributed by atoms with Crippen LogP contribution < -0.4 is 0 Å². The number of hydrogen-bond acceptors (Lipinski definition) is 2. The van der Waals surface area contributed by atoms with Crippen LogP contribution in [0.2, 0.25) is 0 Å². The van der Waals surface area contributed by atoms with Gasteiger partial charge in [0.05, 0.1) is 12.7 Å². The molecule has 1 aromatic carbocycles. The highest BCUT2D eigenvalue weighted by atomic mass is 79.9. The Morgan fingerprint density at radius 1 is 1.30 bits per heavy atom. The molecule has 1 saturated heterocycles. The van der Waals surface area contributed by atoms with Crippen molar-refractivity contribution in [1.82, 2.24) is 4.90 Å². The molecule has 1 aliphatic heterocycles. The van der Waals surface area contributed by atoms with Crippen LogP contribution in [0.3, 0.4) is 0 Å². The molecule has 20 heavy (non-hydrogen) atoms. The summed E-state index contributed by atoms with van der Waals surface area (Å²) in [6.07, 6.45) is 2.17. The molecule has 0 aromatic heterocycles. The number of halogens is 1. The normalized spacial score (nSPS) is 16.4. The summed E-state index contributed by atoms with van der Waals surface area (Å²) in [7, 11) is 0. The van der Waals surface area contributed by atoms with Crippen LogP contribution in [-0.2, 0) is 4.74 Å². The lowest BCUT2D eigenvalue weighted by atomic mass is 10.00. The van der Waals surface area contributed by atoms with Crippen molar-refractivity contribution in [2.75, 3.05) is 25.0 Å². The van der Waals surface area contributed by atoms with Gasteiger partial charge in [0.1, 0.15) is 0 Å². The van der Waals surface area contributed by atoms with Crippen molar-refractivity contribution in [1.29, 1.82) is 0 Å². The Balaban J connectivity index is 1.98. The molecule has 0 saturated carbocycles. The number of carbonyl (C=O) groups excluding carboxylic acids is 1. The van der Waals surface area contributed by atoms with Gasteiger partial charge in [0.15, 0.2) is 0 Å². The fourth-order valence-corrected chi connectivity index (χ4v) is 2.93. The Morgan fingerprint density at radius 2 is 1.90 bits per heavy atom. The second kappa shape index (κ2) is 7.23. The molecular formula is C16H22BrNO2. The Morgan fingerprint density at radius 3 is 2.45 bits per heavy atom. The number of aryl methyl sites for hydroxylation is 2. The minimum absolute atomic E-state index is 0.166. The van der Waals surface area contributed by atoms with E-state index in [1.165, 1.54) is 0 Å². The molecule has 0 atom stereocenters. The zero-order chi connectivity index (χ0) is 14.5. The van der Waals surface area contributed by atoms with E-state index < -0.39 is 0 Å². The van der Waals surface area contributed by atoms with Crippen LogP contribution in [-0.4, -0.2) is 41.9 Å². The van der Waals surface area contributed by atoms with Crippen molar-refractivity contribution >= 4 is 21.8 Å². The maximum atomic E-state index is 12.6. The maximum absolute atomic E-state index is 12.6. The maximum Gasteiger partial charge on any atom is 0.254 e. The van der Waals surface area contributed by atoms with Crippen LogP contribution in [0.25, 0.3) is 0 Å². The van der Waals surface area contributed by atoms with Gasteiger partial charge in [-0.1, -0.05) is 34.1 Å². The smallest absolute Gasteiger partial charge is 0.254 e. The fourth-order valence-electron chi connectivity index (χ4n) is 2.75. The zero-order valence-corrected chi connectivity index (χ0v) is 13.8. The molecule has 1 aliphatic rings. The summed E-state index contributed by atoms with van der Waals surface area (Å²) in [5.41, 5.74) is 2.99. The number of ether oxygens (including phenoxy) is 1. The van der Waals surface area contributed by atoms with E-state index in [0.717, 1.165) is 54.6 Å². The second-order valence-electron chi connectivity index (χ2n) is 5.32. The van der Waals surface area contributed by atoms with Crippen LogP contribution in [0.4, 0.5) is 0 Å². The van der Waals surface area contributed by atoms with Crippen LogP contribution in [0, 0.1) is 13.8 Å². The molecule has 1 heterocycles. The first-order valence-electron chi connectivity index (χ1n) is 7.16. The second-order valence-corrected chi connectivity index (χ2v) is 6.11. The number of benzene rings is 1. The van der Waals surface area contributed by atoms with Crippen molar-refractivity contribution in [2.24, 2.45) is 0 Å². The standard InChI is InChI=1S/C16H22BrNO2/c1-12-4-3-5-13(2)15(12)16(19)18-9-6-14(7-10-18)20-11-8-17/h3-5,14H,6-11H2,1-2H3. The van der Waals surface area contributed by atoms with E-state index in [4.69, 9.17) is 4.74 Å². The first kappa shape index (κ1) is 15.5. The van der Waals surface area contributed by atoms with Gasteiger partial charge in [0.25, 0.3) is 5.91 Å². The number of carbonyl (C=O) groups is 1. The van der Waals surface area contributed by atoms with Crippen molar-refractivity contribution in [3.63, 3.8) is 0 Å². The third-order valence-corrected chi connectivity index (χ3v) is 4.18. The van der Waals surface area contributed by atoms with E-state index in [1.54, 1.807) is 0 Å². The summed E-state index contributed by atoms with van der Waals surface area (Å²) >= 11 is 3.37. The first-order chi connectivity index (χ1) is 9.63. The lowest BCUT2D eigenvalue weighted by Crippen LogP contribution is -2.41. The molecule has 0 bridgehead atoms. The molecule has 0 spiro atoms. The highest BCUT2D eigenvalue weighted by molar-refractivity contribution is 9.09. The fraction of sp³-hybridized carbons (Fsp3) is 0.562. The Kier molecular flexibility index (Phi) is 5.61. The van der Waals surface area contributed by atoms with E-state index in [1.807, 2.05) is 36.9 Å².